The Morgan fingerprint density at radius 3 is 2.18 bits per heavy atom. The standard InChI is InChI=1S/C9H16F3N3O2/c10-9(11,12)8(17)15-5-1-3-7(16)14-6-2-4-13/h1-6,13H2,(H,14,16)(H,15,17). The van der Waals surface area contributed by atoms with Crippen molar-refractivity contribution in [3.8, 4) is 0 Å². The Morgan fingerprint density at radius 1 is 1.06 bits per heavy atom. The van der Waals surface area contributed by atoms with Gasteiger partial charge in [0.05, 0.1) is 0 Å². The molecule has 0 aliphatic heterocycles. The first-order valence-corrected chi connectivity index (χ1v) is 5.19. The molecule has 0 aliphatic rings. The summed E-state index contributed by atoms with van der Waals surface area (Å²) in [5.74, 6) is -2.25. The molecule has 5 nitrogen and oxygen atoms in total. The second-order valence-electron chi connectivity index (χ2n) is 3.35. The molecule has 0 rings (SSSR count). The Kier molecular flexibility index (Phi) is 7.27. The van der Waals surface area contributed by atoms with Gasteiger partial charge < -0.3 is 16.4 Å². The number of hydrogen-bond acceptors (Lipinski definition) is 3. The zero-order valence-corrected chi connectivity index (χ0v) is 9.27. The van der Waals surface area contributed by atoms with Crippen molar-refractivity contribution in [3.63, 3.8) is 0 Å². The van der Waals surface area contributed by atoms with Crippen LogP contribution in [0.25, 0.3) is 0 Å². The highest BCUT2D eigenvalue weighted by Crippen LogP contribution is 2.13. The molecule has 0 atom stereocenters. The fraction of sp³-hybridized carbons (Fsp3) is 0.778. The fourth-order valence-electron chi connectivity index (χ4n) is 0.969. The Hall–Kier alpha value is -1.31. The summed E-state index contributed by atoms with van der Waals surface area (Å²) in [5.41, 5.74) is 5.21. The molecule has 0 bridgehead atoms. The van der Waals surface area contributed by atoms with Crippen LogP contribution in [0, 0.1) is 0 Å². The molecule has 0 aromatic heterocycles. The van der Waals surface area contributed by atoms with Crippen molar-refractivity contribution in [2.75, 3.05) is 19.6 Å². The Bertz CT molecular complexity index is 256. The van der Waals surface area contributed by atoms with E-state index < -0.39 is 12.1 Å². The maximum absolute atomic E-state index is 11.7. The normalized spacial score (nSPS) is 11.1. The highest BCUT2D eigenvalue weighted by Gasteiger charge is 2.38. The summed E-state index contributed by atoms with van der Waals surface area (Å²) < 4.78 is 35.2. The molecule has 4 N–H and O–H groups in total. The molecule has 0 aromatic carbocycles. The molecular weight excluding hydrogens is 239 g/mol. The van der Waals surface area contributed by atoms with Crippen molar-refractivity contribution >= 4 is 11.8 Å². The van der Waals surface area contributed by atoms with Crippen LogP contribution in [0.1, 0.15) is 19.3 Å². The third kappa shape index (κ3) is 8.49. The Labute approximate surface area is 96.9 Å². The van der Waals surface area contributed by atoms with Gasteiger partial charge in [-0.15, -0.1) is 0 Å². The minimum atomic E-state index is -4.87. The van der Waals surface area contributed by atoms with Crippen LogP contribution in [0.4, 0.5) is 13.2 Å². The third-order valence-corrected chi connectivity index (χ3v) is 1.83. The molecule has 0 unspecified atom stereocenters. The van der Waals surface area contributed by atoms with E-state index in [-0.39, 0.29) is 25.3 Å². The van der Waals surface area contributed by atoms with E-state index in [1.807, 2.05) is 0 Å². The number of nitrogens with one attached hydrogen (secondary N) is 2. The molecule has 0 spiro atoms. The maximum atomic E-state index is 11.7. The van der Waals surface area contributed by atoms with E-state index in [1.54, 1.807) is 5.32 Å². The lowest BCUT2D eigenvalue weighted by Gasteiger charge is -2.07. The van der Waals surface area contributed by atoms with E-state index >= 15 is 0 Å². The average Bonchev–Trinajstić information content (AvgIpc) is 2.23. The number of carbonyl (C=O) groups is 2. The van der Waals surface area contributed by atoms with Gasteiger partial charge in [0.25, 0.3) is 0 Å². The summed E-state index contributed by atoms with van der Waals surface area (Å²) >= 11 is 0. The van der Waals surface area contributed by atoms with Gasteiger partial charge in [0.1, 0.15) is 0 Å². The van der Waals surface area contributed by atoms with Crippen molar-refractivity contribution in [2.24, 2.45) is 5.73 Å². The molecule has 0 heterocycles. The summed E-state index contributed by atoms with van der Waals surface area (Å²) in [5, 5.41) is 4.23. The lowest BCUT2D eigenvalue weighted by Crippen LogP contribution is -2.37. The molecule has 2 amide bonds. The first-order valence-electron chi connectivity index (χ1n) is 5.19. The van der Waals surface area contributed by atoms with Crippen molar-refractivity contribution in [1.82, 2.24) is 10.6 Å². The molecule has 0 radical (unpaired) electrons. The predicted molar refractivity (Wildman–Crippen MR) is 55.0 cm³/mol. The molecule has 0 aliphatic carbocycles. The van der Waals surface area contributed by atoms with Gasteiger partial charge in [-0.2, -0.15) is 13.2 Å². The minimum Gasteiger partial charge on any atom is -0.356 e. The van der Waals surface area contributed by atoms with Gasteiger partial charge in [-0.3, -0.25) is 9.59 Å². The van der Waals surface area contributed by atoms with E-state index in [1.165, 1.54) is 0 Å². The van der Waals surface area contributed by atoms with Crippen molar-refractivity contribution in [1.29, 1.82) is 0 Å². The summed E-state index contributed by atoms with van der Waals surface area (Å²) in [6.07, 6.45) is -3.99. The zero-order chi connectivity index (χ0) is 13.3. The number of nitrogens with two attached hydrogens (primary N) is 1. The van der Waals surface area contributed by atoms with Gasteiger partial charge in [-0.25, -0.2) is 0 Å². The lowest BCUT2D eigenvalue weighted by atomic mass is 10.3. The second kappa shape index (κ2) is 7.88. The summed E-state index contributed by atoms with van der Waals surface area (Å²) in [4.78, 5) is 21.4. The number of amides is 2. The number of halogens is 3. The quantitative estimate of drug-likeness (QED) is 0.556. The fourth-order valence-corrected chi connectivity index (χ4v) is 0.969. The first-order chi connectivity index (χ1) is 7.88. The van der Waals surface area contributed by atoms with Crippen LogP contribution >= 0.6 is 0 Å². The predicted octanol–water partition coefficient (Wildman–Crippen LogP) is -0.0899. The number of hydrogen-bond donors (Lipinski definition) is 3. The molecule has 0 saturated carbocycles. The van der Waals surface area contributed by atoms with E-state index in [2.05, 4.69) is 5.32 Å². The van der Waals surface area contributed by atoms with Gasteiger partial charge in [0.2, 0.25) is 5.91 Å². The smallest absolute Gasteiger partial charge is 0.356 e. The monoisotopic (exact) mass is 255 g/mol. The molecule has 0 aromatic rings. The van der Waals surface area contributed by atoms with Crippen LogP contribution in [-0.2, 0) is 9.59 Å². The van der Waals surface area contributed by atoms with Crippen LogP contribution < -0.4 is 16.4 Å². The first kappa shape index (κ1) is 15.7. The molecular formula is C9H16F3N3O2. The Balaban J connectivity index is 3.51. The SMILES string of the molecule is NCCCNC(=O)CCCNC(=O)C(F)(F)F. The average molecular weight is 255 g/mol. The summed E-state index contributed by atoms with van der Waals surface area (Å²) in [7, 11) is 0. The summed E-state index contributed by atoms with van der Waals surface area (Å²) in [6, 6.07) is 0. The topological polar surface area (TPSA) is 84.2 Å². The highest BCUT2D eigenvalue weighted by molar-refractivity contribution is 5.81. The molecule has 100 valence electrons. The van der Waals surface area contributed by atoms with Crippen LogP contribution in [0.15, 0.2) is 0 Å². The number of alkyl halides is 3. The van der Waals surface area contributed by atoms with Crippen molar-refractivity contribution < 1.29 is 22.8 Å². The Morgan fingerprint density at radius 2 is 1.65 bits per heavy atom. The summed E-state index contributed by atoms with van der Waals surface area (Å²) in [6.45, 7) is 0.731. The van der Waals surface area contributed by atoms with Gasteiger partial charge in [-0.1, -0.05) is 0 Å². The molecule has 8 heteroatoms. The largest absolute Gasteiger partial charge is 0.471 e. The zero-order valence-electron chi connectivity index (χ0n) is 9.27. The maximum Gasteiger partial charge on any atom is 0.471 e. The number of carbonyl (C=O) groups excluding carboxylic acids is 2. The van der Waals surface area contributed by atoms with Gasteiger partial charge in [0.15, 0.2) is 0 Å². The van der Waals surface area contributed by atoms with E-state index in [9.17, 15) is 22.8 Å². The van der Waals surface area contributed by atoms with Crippen LogP contribution in [0.3, 0.4) is 0 Å². The van der Waals surface area contributed by atoms with Crippen LogP contribution in [0.2, 0.25) is 0 Å². The third-order valence-electron chi connectivity index (χ3n) is 1.83. The van der Waals surface area contributed by atoms with E-state index in [0.717, 1.165) is 0 Å². The highest BCUT2D eigenvalue weighted by atomic mass is 19.4. The molecule has 0 fully saturated rings. The van der Waals surface area contributed by atoms with E-state index in [0.29, 0.717) is 19.5 Å². The number of rotatable bonds is 7. The van der Waals surface area contributed by atoms with Crippen LogP contribution in [0.5, 0.6) is 0 Å². The van der Waals surface area contributed by atoms with E-state index in [4.69, 9.17) is 5.73 Å². The molecule has 0 saturated heterocycles. The van der Waals surface area contributed by atoms with Crippen molar-refractivity contribution in [2.45, 2.75) is 25.4 Å². The van der Waals surface area contributed by atoms with Gasteiger partial charge in [0, 0.05) is 19.5 Å². The van der Waals surface area contributed by atoms with Gasteiger partial charge in [-0.05, 0) is 19.4 Å². The second-order valence-corrected chi connectivity index (χ2v) is 3.35. The van der Waals surface area contributed by atoms with Gasteiger partial charge >= 0.3 is 12.1 Å². The molecule has 17 heavy (non-hydrogen) atoms. The van der Waals surface area contributed by atoms with Crippen LogP contribution in [-0.4, -0.2) is 37.6 Å². The van der Waals surface area contributed by atoms with Crippen molar-refractivity contribution in [3.05, 3.63) is 0 Å². The lowest BCUT2D eigenvalue weighted by molar-refractivity contribution is -0.173. The minimum absolute atomic E-state index is 0.0721.